The van der Waals surface area contributed by atoms with Gasteiger partial charge in [0.1, 0.15) is 0 Å². The first-order valence-corrected chi connectivity index (χ1v) is 6.02. The van der Waals surface area contributed by atoms with Crippen LogP contribution in [0.15, 0.2) is 24.3 Å². The van der Waals surface area contributed by atoms with E-state index in [1.165, 1.54) is 0 Å². The predicted molar refractivity (Wildman–Crippen MR) is 68.7 cm³/mol. The summed E-state index contributed by atoms with van der Waals surface area (Å²) in [5.74, 6) is 0.240. The molecule has 1 unspecified atom stereocenters. The van der Waals surface area contributed by atoms with Gasteiger partial charge in [-0.3, -0.25) is 4.79 Å². The van der Waals surface area contributed by atoms with E-state index in [4.69, 9.17) is 10.4 Å². The first-order chi connectivity index (χ1) is 8.65. The van der Waals surface area contributed by atoms with Crippen LogP contribution in [0.5, 0.6) is 0 Å². The van der Waals surface area contributed by atoms with Crippen molar-refractivity contribution >= 4 is 5.91 Å². The molecule has 4 heteroatoms. The quantitative estimate of drug-likeness (QED) is 0.793. The fourth-order valence-corrected chi connectivity index (χ4v) is 1.56. The largest absolute Gasteiger partial charge is 0.396 e. The molecule has 0 aromatic heterocycles. The minimum absolute atomic E-state index is 0.0375. The SMILES string of the molecule is CC(CCO)CNC(=O)Cc1ccc(C#N)cc1. The van der Waals surface area contributed by atoms with E-state index in [0.29, 0.717) is 24.9 Å². The van der Waals surface area contributed by atoms with Crippen LogP contribution in [0.3, 0.4) is 0 Å². The van der Waals surface area contributed by atoms with Crippen LogP contribution in [-0.2, 0) is 11.2 Å². The van der Waals surface area contributed by atoms with Crippen molar-refractivity contribution in [2.75, 3.05) is 13.2 Å². The van der Waals surface area contributed by atoms with E-state index in [9.17, 15) is 4.79 Å². The van der Waals surface area contributed by atoms with E-state index in [-0.39, 0.29) is 18.4 Å². The van der Waals surface area contributed by atoms with E-state index < -0.39 is 0 Å². The summed E-state index contributed by atoms with van der Waals surface area (Å²) in [5, 5.41) is 20.2. The van der Waals surface area contributed by atoms with Gasteiger partial charge in [-0.2, -0.15) is 5.26 Å². The minimum Gasteiger partial charge on any atom is -0.396 e. The lowest BCUT2D eigenvalue weighted by atomic mass is 10.1. The van der Waals surface area contributed by atoms with Crippen molar-refractivity contribution in [1.82, 2.24) is 5.32 Å². The number of carbonyl (C=O) groups is 1. The number of aliphatic hydroxyl groups is 1. The molecular formula is C14H18N2O2. The third-order valence-electron chi connectivity index (χ3n) is 2.72. The summed E-state index contributed by atoms with van der Waals surface area (Å²) in [6.07, 6.45) is 1.01. The number of aliphatic hydroxyl groups excluding tert-OH is 1. The van der Waals surface area contributed by atoms with Crippen LogP contribution >= 0.6 is 0 Å². The van der Waals surface area contributed by atoms with E-state index in [0.717, 1.165) is 5.56 Å². The number of carbonyl (C=O) groups excluding carboxylic acids is 1. The van der Waals surface area contributed by atoms with Gasteiger partial charge < -0.3 is 10.4 Å². The maximum Gasteiger partial charge on any atom is 0.224 e. The van der Waals surface area contributed by atoms with Crippen LogP contribution < -0.4 is 5.32 Å². The van der Waals surface area contributed by atoms with E-state index in [2.05, 4.69) is 5.32 Å². The maximum absolute atomic E-state index is 11.6. The molecule has 4 nitrogen and oxygen atoms in total. The molecule has 0 spiro atoms. The fourth-order valence-electron chi connectivity index (χ4n) is 1.56. The van der Waals surface area contributed by atoms with Crippen LogP contribution in [0.2, 0.25) is 0 Å². The van der Waals surface area contributed by atoms with Gasteiger partial charge in [0.15, 0.2) is 0 Å². The molecule has 0 fully saturated rings. The van der Waals surface area contributed by atoms with Gasteiger partial charge in [-0.25, -0.2) is 0 Å². The average Bonchev–Trinajstić information content (AvgIpc) is 2.38. The second-order valence-corrected chi connectivity index (χ2v) is 4.41. The highest BCUT2D eigenvalue weighted by atomic mass is 16.3. The summed E-state index contributed by atoms with van der Waals surface area (Å²) in [5.41, 5.74) is 1.48. The molecule has 0 aliphatic heterocycles. The van der Waals surface area contributed by atoms with Gasteiger partial charge in [0.2, 0.25) is 5.91 Å². The van der Waals surface area contributed by atoms with Gasteiger partial charge >= 0.3 is 0 Å². The molecule has 0 radical (unpaired) electrons. The lowest BCUT2D eigenvalue weighted by Crippen LogP contribution is -2.29. The Balaban J connectivity index is 2.37. The first-order valence-electron chi connectivity index (χ1n) is 6.02. The minimum atomic E-state index is -0.0375. The van der Waals surface area contributed by atoms with Crippen LogP contribution in [-0.4, -0.2) is 24.2 Å². The predicted octanol–water partition coefficient (Wildman–Crippen LogP) is 1.24. The molecule has 1 rings (SSSR count). The lowest BCUT2D eigenvalue weighted by molar-refractivity contribution is -0.120. The van der Waals surface area contributed by atoms with Crippen molar-refractivity contribution in [3.05, 3.63) is 35.4 Å². The molecule has 0 heterocycles. The topological polar surface area (TPSA) is 73.1 Å². The van der Waals surface area contributed by atoms with E-state index in [1.807, 2.05) is 13.0 Å². The van der Waals surface area contributed by atoms with Gasteiger partial charge in [-0.1, -0.05) is 19.1 Å². The molecule has 96 valence electrons. The summed E-state index contributed by atoms with van der Waals surface area (Å²) >= 11 is 0. The molecule has 0 saturated carbocycles. The van der Waals surface area contributed by atoms with Crippen LogP contribution in [0.25, 0.3) is 0 Å². The molecule has 1 amide bonds. The standard InChI is InChI=1S/C14H18N2O2/c1-11(6-7-17)10-16-14(18)8-12-2-4-13(9-15)5-3-12/h2-5,11,17H,6-8,10H2,1H3,(H,16,18). The molecule has 0 bridgehead atoms. The number of nitriles is 1. The number of nitrogens with one attached hydrogen (secondary N) is 1. The summed E-state index contributed by atoms with van der Waals surface area (Å²) in [6, 6.07) is 9.02. The monoisotopic (exact) mass is 246 g/mol. The van der Waals surface area contributed by atoms with Crippen LogP contribution in [0.1, 0.15) is 24.5 Å². The summed E-state index contributed by atoms with van der Waals surface area (Å²) in [7, 11) is 0. The van der Waals surface area contributed by atoms with Crippen molar-refractivity contribution in [1.29, 1.82) is 5.26 Å². The van der Waals surface area contributed by atoms with Gasteiger partial charge in [-0.15, -0.1) is 0 Å². The summed E-state index contributed by atoms with van der Waals surface area (Å²) < 4.78 is 0. The third kappa shape index (κ3) is 4.98. The molecular weight excluding hydrogens is 228 g/mol. The van der Waals surface area contributed by atoms with Gasteiger partial charge in [0.25, 0.3) is 0 Å². The number of rotatable bonds is 6. The molecule has 2 N–H and O–H groups in total. The Hall–Kier alpha value is -1.86. The zero-order valence-electron chi connectivity index (χ0n) is 10.5. The Bertz CT molecular complexity index is 420. The average molecular weight is 246 g/mol. The van der Waals surface area contributed by atoms with Gasteiger partial charge in [0, 0.05) is 13.2 Å². The van der Waals surface area contributed by atoms with Crippen LogP contribution in [0, 0.1) is 17.2 Å². The summed E-state index contributed by atoms with van der Waals surface area (Å²) in [6.45, 7) is 2.71. The van der Waals surface area contributed by atoms with Crippen molar-refractivity contribution in [2.24, 2.45) is 5.92 Å². The molecule has 0 saturated heterocycles. The smallest absolute Gasteiger partial charge is 0.224 e. The Morgan fingerprint density at radius 2 is 2.11 bits per heavy atom. The van der Waals surface area contributed by atoms with Crippen molar-refractivity contribution in [3.63, 3.8) is 0 Å². The number of benzene rings is 1. The number of nitrogens with zero attached hydrogens (tertiary/aromatic N) is 1. The van der Waals surface area contributed by atoms with Crippen molar-refractivity contribution in [2.45, 2.75) is 19.8 Å². The number of hydrogen-bond acceptors (Lipinski definition) is 3. The second kappa shape index (κ2) is 7.46. The van der Waals surface area contributed by atoms with Gasteiger partial charge in [-0.05, 0) is 30.0 Å². The normalized spacial score (nSPS) is 11.6. The zero-order valence-corrected chi connectivity index (χ0v) is 10.5. The Labute approximate surface area is 107 Å². The Morgan fingerprint density at radius 3 is 2.67 bits per heavy atom. The highest BCUT2D eigenvalue weighted by molar-refractivity contribution is 5.78. The lowest BCUT2D eigenvalue weighted by Gasteiger charge is -2.11. The highest BCUT2D eigenvalue weighted by Gasteiger charge is 2.06. The van der Waals surface area contributed by atoms with Crippen molar-refractivity contribution in [3.8, 4) is 6.07 Å². The molecule has 1 aromatic rings. The highest BCUT2D eigenvalue weighted by Crippen LogP contribution is 2.04. The number of hydrogen-bond donors (Lipinski definition) is 2. The van der Waals surface area contributed by atoms with Crippen molar-refractivity contribution < 1.29 is 9.90 Å². The zero-order chi connectivity index (χ0) is 13.4. The summed E-state index contributed by atoms with van der Waals surface area (Å²) in [4.78, 5) is 11.6. The first kappa shape index (κ1) is 14.2. The second-order valence-electron chi connectivity index (χ2n) is 4.41. The van der Waals surface area contributed by atoms with Crippen LogP contribution in [0.4, 0.5) is 0 Å². The van der Waals surface area contributed by atoms with E-state index >= 15 is 0 Å². The fraction of sp³-hybridized carbons (Fsp3) is 0.429. The molecule has 18 heavy (non-hydrogen) atoms. The third-order valence-corrected chi connectivity index (χ3v) is 2.72. The molecule has 0 aliphatic carbocycles. The molecule has 1 aromatic carbocycles. The Morgan fingerprint density at radius 1 is 1.44 bits per heavy atom. The maximum atomic E-state index is 11.6. The molecule has 0 aliphatic rings. The molecule has 1 atom stereocenters. The van der Waals surface area contributed by atoms with E-state index in [1.54, 1.807) is 24.3 Å². The Kier molecular flexibility index (Phi) is 5.89. The number of amides is 1. The van der Waals surface area contributed by atoms with Gasteiger partial charge in [0.05, 0.1) is 18.1 Å².